The number of nitrogens with two attached hydrogens (primary N) is 1. The van der Waals surface area contributed by atoms with Gasteiger partial charge in [-0.1, -0.05) is 11.8 Å². The van der Waals surface area contributed by atoms with E-state index in [1.54, 1.807) is 6.07 Å². The second-order valence-corrected chi connectivity index (χ2v) is 11.2. The van der Waals surface area contributed by atoms with Crippen molar-refractivity contribution in [3.8, 4) is 0 Å². The van der Waals surface area contributed by atoms with Gasteiger partial charge in [0.05, 0.1) is 16.3 Å². The number of nitrogens with one attached hydrogen (secondary N) is 1. The molecule has 1 aliphatic carbocycles. The van der Waals surface area contributed by atoms with Crippen LogP contribution in [-0.4, -0.2) is 48.4 Å². The lowest BCUT2D eigenvalue weighted by atomic mass is 10.1. The quantitative estimate of drug-likeness (QED) is 0.604. The highest BCUT2D eigenvalue weighted by molar-refractivity contribution is 7.99. The van der Waals surface area contributed by atoms with E-state index < -0.39 is 15.9 Å². The number of aromatic nitrogens is 1. The number of pyridine rings is 1. The van der Waals surface area contributed by atoms with Crippen molar-refractivity contribution in [1.82, 2.24) is 9.29 Å². The first-order chi connectivity index (χ1) is 14.4. The zero-order valence-electron chi connectivity index (χ0n) is 16.2. The summed E-state index contributed by atoms with van der Waals surface area (Å²) in [6, 6.07) is 3.13. The first-order valence-electron chi connectivity index (χ1n) is 9.69. The van der Waals surface area contributed by atoms with Crippen LogP contribution >= 0.6 is 23.1 Å². The maximum Gasteiger partial charge on any atom is 0.251 e. The average molecular weight is 467 g/mol. The summed E-state index contributed by atoms with van der Waals surface area (Å²) in [4.78, 5) is 29.7. The number of carbonyl (C=O) groups excluding carboxylic acids is 2. The highest BCUT2D eigenvalue weighted by Gasteiger charge is 2.28. The summed E-state index contributed by atoms with van der Waals surface area (Å²) in [6.45, 7) is 1.08. The van der Waals surface area contributed by atoms with Crippen LogP contribution in [0.2, 0.25) is 0 Å². The van der Waals surface area contributed by atoms with Gasteiger partial charge in [0.1, 0.15) is 9.90 Å². The molecule has 1 saturated heterocycles. The minimum absolute atomic E-state index is 0.0893. The Morgan fingerprint density at radius 1 is 1.20 bits per heavy atom. The summed E-state index contributed by atoms with van der Waals surface area (Å²) in [5.74, 6) is -0.696. The lowest BCUT2D eigenvalue weighted by Gasteiger charge is -2.15. The van der Waals surface area contributed by atoms with Crippen LogP contribution in [0.4, 0.5) is 5.00 Å². The van der Waals surface area contributed by atoms with Gasteiger partial charge in [0.25, 0.3) is 5.91 Å². The first-order valence-corrected chi connectivity index (χ1v) is 12.9. The first kappa shape index (κ1) is 21.3. The minimum atomic E-state index is -3.50. The lowest BCUT2D eigenvalue weighted by Crippen LogP contribution is -2.27. The summed E-state index contributed by atoms with van der Waals surface area (Å²) in [5.41, 5.74) is 6.91. The number of thioether (sulfide) groups is 1. The summed E-state index contributed by atoms with van der Waals surface area (Å²) < 4.78 is 26.6. The number of primary amides is 1. The predicted molar refractivity (Wildman–Crippen MR) is 116 cm³/mol. The topological polar surface area (TPSA) is 122 Å². The molecule has 0 unspecified atom stereocenters. The van der Waals surface area contributed by atoms with Crippen LogP contribution in [0, 0.1) is 0 Å². The number of anilines is 1. The molecule has 2 aliphatic rings. The smallest absolute Gasteiger partial charge is 0.251 e. The number of hydrogen-bond donors (Lipinski definition) is 2. The standard InChI is InChI=1S/C19H22N4O4S3/c20-18(25)17-13-4-3-5-14(13)29-19(17)22-15(24)11-28-16-7-6-12(10-21-16)30(26,27)23-8-1-2-9-23/h6-7,10H,1-5,8-9,11H2,(H2,20,25)(H,22,24). The molecule has 8 nitrogen and oxygen atoms in total. The minimum Gasteiger partial charge on any atom is -0.365 e. The van der Waals surface area contributed by atoms with E-state index in [1.165, 1.54) is 39.7 Å². The van der Waals surface area contributed by atoms with Crippen LogP contribution in [0.1, 0.15) is 40.1 Å². The number of amides is 2. The van der Waals surface area contributed by atoms with Gasteiger partial charge >= 0.3 is 0 Å². The van der Waals surface area contributed by atoms with Crippen molar-refractivity contribution in [1.29, 1.82) is 0 Å². The summed E-state index contributed by atoms with van der Waals surface area (Å²) in [6.07, 6.45) is 5.80. The van der Waals surface area contributed by atoms with E-state index in [0.717, 1.165) is 42.5 Å². The van der Waals surface area contributed by atoms with Crippen LogP contribution in [0.3, 0.4) is 0 Å². The molecule has 4 rings (SSSR count). The van der Waals surface area contributed by atoms with E-state index in [0.29, 0.717) is 28.7 Å². The van der Waals surface area contributed by atoms with Gasteiger partial charge in [0.2, 0.25) is 15.9 Å². The van der Waals surface area contributed by atoms with E-state index in [1.807, 2.05) is 0 Å². The van der Waals surface area contributed by atoms with E-state index in [-0.39, 0.29) is 16.6 Å². The summed E-state index contributed by atoms with van der Waals surface area (Å²) in [7, 11) is -3.50. The highest BCUT2D eigenvalue weighted by Crippen LogP contribution is 2.39. The van der Waals surface area contributed by atoms with E-state index in [2.05, 4.69) is 10.3 Å². The molecular formula is C19H22N4O4S3. The molecule has 1 aliphatic heterocycles. The molecule has 2 aromatic rings. The van der Waals surface area contributed by atoms with Gasteiger partial charge < -0.3 is 11.1 Å². The molecule has 30 heavy (non-hydrogen) atoms. The maximum absolute atomic E-state index is 12.5. The number of aryl methyl sites for hydroxylation is 1. The van der Waals surface area contributed by atoms with Crippen LogP contribution in [0.25, 0.3) is 0 Å². The van der Waals surface area contributed by atoms with Crippen LogP contribution in [-0.2, 0) is 27.7 Å². The Hall–Kier alpha value is -1.95. The van der Waals surface area contributed by atoms with Crippen molar-refractivity contribution in [3.05, 3.63) is 34.3 Å². The molecule has 0 radical (unpaired) electrons. The van der Waals surface area contributed by atoms with Gasteiger partial charge in [-0.15, -0.1) is 11.3 Å². The molecule has 3 heterocycles. The highest BCUT2D eigenvalue weighted by atomic mass is 32.2. The molecule has 0 aromatic carbocycles. The Labute approximate surface area is 183 Å². The van der Waals surface area contributed by atoms with Crippen LogP contribution in [0.15, 0.2) is 28.3 Å². The van der Waals surface area contributed by atoms with Crippen LogP contribution < -0.4 is 11.1 Å². The van der Waals surface area contributed by atoms with Crippen molar-refractivity contribution in [2.24, 2.45) is 5.73 Å². The largest absolute Gasteiger partial charge is 0.365 e. The number of sulfonamides is 1. The fourth-order valence-corrected chi connectivity index (χ4v) is 7.15. The molecule has 160 valence electrons. The third kappa shape index (κ3) is 4.25. The SMILES string of the molecule is NC(=O)c1c(NC(=O)CSc2ccc(S(=O)(=O)N3CCCC3)cn2)sc2c1CCC2. The molecule has 0 bridgehead atoms. The number of carbonyl (C=O) groups is 2. The second kappa shape index (κ2) is 8.66. The number of rotatable bonds is 7. The van der Waals surface area contributed by atoms with Crippen molar-refractivity contribution in [3.63, 3.8) is 0 Å². The van der Waals surface area contributed by atoms with Crippen molar-refractivity contribution < 1.29 is 18.0 Å². The number of nitrogens with zero attached hydrogens (tertiary/aromatic N) is 2. The third-order valence-electron chi connectivity index (χ3n) is 5.18. The Bertz CT molecular complexity index is 1070. The number of thiophene rings is 1. The molecule has 11 heteroatoms. The number of hydrogen-bond acceptors (Lipinski definition) is 7. The van der Waals surface area contributed by atoms with E-state index in [4.69, 9.17) is 5.73 Å². The Balaban J connectivity index is 1.37. The maximum atomic E-state index is 12.5. The lowest BCUT2D eigenvalue weighted by molar-refractivity contribution is -0.113. The van der Waals surface area contributed by atoms with Crippen LogP contribution in [0.5, 0.6) is 0 Å². The zero-order chi connectivity index (χ0) is 21.3. The van der Waals surface area contributed by atoms with Crippen molar-refractivity contribution in [2.45, 2.75) is 42.0 Å². The van der Waals surface area contributed by atoms with Gasteiger partial charge in [-0.3, -0.25) is 9.59 Å². The molecule has 0 atom stereocenters. The zero-order valence-corrected chi connectivity index (χ0v) is 18.7. The molecule has 2 aromatic heterocycles. The molecule has 0 saturated carbocycles. The average Bonchev–Trinajstić information content (AvgIpc) is 3.44. The Morgan fingerprint density at radius 2 is 1.97 bits per heavy atom. The third-order valence-corrected chi connectivity index (χ3v) is 9.22. The Kier molecular flexibility index (Phi) is 6.14. The van der Waals surface area contributed by atoms with Gasteiger partial charge in [-0.25, -0.2) is 13.4 Å². The molecule has 3 N–H and O–H groups in total. The molecular weight excluding hydrogens is 444 g/mol. The predicted octanol–water partition coefficient (Wildman–Crippen LogP) is 2.25. The monoisotopic (exact) mass is 466 g/mol. The van der Waals surface area contributed by atoms with Crippen molar-refractivity contribution in [2.75, 3.05) is 24.2 Å². The van der Waals surface area contributed by atoms with Gasteiger partial charge in [0, 0.05) is 24.2 Å². The molecule has 1 fully saturated rings. The van der Waals surface area contributed by atoms with E-state index >= 15 is 0 Å². The molecule has 2 amide bonds. The van der Waals surface area contributed by atoms with E-state index in [9.17, 15) is 18.0 Å². The van der Waals surface area contributed by atoms with Gasteiger partial charge in [-0.05, 0) is 49.8 Å². The molecule has 0 spiro atoms. The second-order valence-electron chi connectivity index (χ2n) is 7.21. The fourth-order valence-electron chi connectivity index (χ4n) is 3.74. The normalized spacial score (nSPS) is 16.5. The van der Waals surface area contributed by atoms with Gasteiger partial charge in [-0.2, -0.15) is 4.31 Å². The van der Waals surface area contributed by atoms with Crippen molar-refractivity contribution >= 4 is 49.9 Å². The fraction of sp³-hybridized carbons (Fsp3) is 0.421. The summed E-state index contributed by atoms with van der Waals surface area (Å²) >= 11 is 2.62. The van der Waals surface area contributed by atoms with Gasteiger partial charge in [0.15, 0.2) is 0 Å². The summed E-state index contributed by atoms with van der Waals surface area (Å²) in [5, 5.41) is 3.85. The Morgan fingerprint density at radius 3 is 2.63 bits per heavy atom. The number of fused-ring (bicyclic) bond motifs is 1.